The summed E-state index contributed by atoms with van der Waals surface area (Å²) in [5.41, 5.74) is 6.20. The third-order valence-electron chi connectivity index (χ3n) is 2.64. The molecular formula is C11H8ClN3O3. The van der Waals surface area contributed by atoms with Gasteiger partial charge in [-0.25, -0.2) is 0 Å². The Morgan fingerprint density at radius 1 is 1.61 bits per heavy atom. The average Bonchev–Trinajstić information content (AvgIpc) is 2.27. The third kappa shape index (κ3) is 2.08. The van der Waals surface area contributed by atoms with Gasteiger partial charge in [-0.3, -0.25) is 10.1 Å². The van der Waals surface area contributed by atoms with Crippen molar-refractivity contribution < 1.29 is 9.66 Å². The molecule has 18 heavy (non-hydrogen) atoms. The molecule has 0 aromatic heterocycles. The summed E-state index contributed by atoms with van der Waals surface area (Å²) in [4.78, 5) is 10.2. The Bertz CT molecular complexity index is 592. The Hall–Kier alpha value is -2.26. The number of hydrogen-bond acceptors (Lipinski definition) is 5. The van der Waals surface area contributed by atoms with Crippen LogP contribution in [0.25, 0.3) is 0 Å². The van der Waals surface area contributed by atoms with Crippen LogP contribution < -0.4 is 10.5 Å². The molecule has 6 nitrogen and oxygen atoms in total. The number of nitriles is 1. The first kappa shape index (κ1) is 12.2. The first-order valence-electron chi connectivity index (χ1n) is 5.01. The molecule has 1 atom stereocenters. The van der Waals surface area contributed by atoms with Crippen LogP contribution in [0, 0.1) is 21.4 Å². The second-order valence-corrected chi connectivity index (χ2v) is 4.18. The van der Waals surface area contributed by atoms with Gasteiger partial charge in [-0.1, -0.05) is 17.7 Å². The monoisotopic (exact) mass is 265 g/mol. The van der Waals surface area contributed by atoms with Crippen molar-refractivity contribution in [3.8, 4) is 11.8 Å². The van der Waals surface area contributed by atoms with E-state index in [1.165, 1.54) is 6.07 Å². The molecule has 0 amide bonds. The van der Waals surface area contributed by atoms with E-state index in [0.29, 0.717) is 16.3 Å². The van der Waals surface area contributed by atoms with Crippen LogP contribution in [-0.2, 0) is 0 Å². The normalized spacial score (nSPS) is 17.7. The van der Waals surface area contributed by atoms with E-state index >= 15 is 0 Å². The molecule has 1 aromatic rings. The van der Waals surface area contributed by atoms with Crippen LogP contribution in [0.15, 0.2) is 29.7 Å². The van der Waals surface area contributed by atoms with Crippen molar-refractivity contribution in [3.63, 3.8) is 0 Å². The maximum absolute atomic E-state index is 10.7. The van der Waals surface area contributed by atoms with Crippen LogP contribution in [-0.4, -0.2) is 11.5 Å². The number of ether oxygens (including phenoxy) is 1. The van der Waals surface area contributed by atoms with Crippen molar-refractivity contribution in [1.82, 2.24) is 0 Å². The van der Waals surface area contributed by atoms with Crippen molar-refractivity contribution in [2.24, 2.45) is 5.73 Å². The number of benzene rings is 1. The van der Waals surface area contributed by atoms with Crippen molar-refractivity contribution in [2.45, 2.75) is 5.92 Å². The second-order valence-electron chi connectivity index (χ2n) is 3.74. The number of nitrogens with zero attached hydrogens (tertiary/aromatic N) is 2. The minimum absolute atomic E-state index is 0.0709. The molecule has 1 aromatic carbocycles. The van der Waals surface area contributed by atoms with Crippen molar-refractivity contribution in [1.29, 1.82) is 5.26 Å². The summed E-state index contributed by atoms with van der Waals surface area (Å²) in [5.74, 6) is -0.462. The molecule has 0 saturated heterocycles. The quantitative estimate of drug-likeness (QED) is 0.649. The lowest BCUT2D eigenvalue weighted by molar-refractivity contribution is -0.482. The van der Waals surface area contributed by atoms with E-state index in [4.69, 9.17) is 27.3 Å². The van der Waals surface area contributed by atoms with Crippen LogP contribution in [0.5, 0.6) is 5.75 Å². The van der Waals surface area contributed by atoms with E-state index in [0.717, 1.165) is 0 Å². The predicted molar refractivity (Wildman–Crippen MR) is 63.5 cm³/mol. The highest BCUT2D eigenvalue weighted by atomic mass is 35.5. The van der Waals surface area contributed by atoms with E-state index in [9.17, 15) is 10.1 Å². The highest BCUT2D eigenvalue weighted by Gasteiger charge is 2.32. The average molecular weight is 266 g/mol. The van der Waals surface area contributed by atoms with Gasteiger partial charge in [0, 0.05) is 15.5 Å². The summed E-state index contributed by atoms with van der Waals surface area (Å²) in [6, 6.07) is 6.57. The summed E-state index contributed by atoms with van der Waals surface area (Å²) >= 11 is 5.81. The van der Waals surface area contributed by atoms with Gasteiger partial charge in [-0.2, -0.15) is 5.26 Å². The van der Waals surface area contributed by atoms with Gasteiger partial charge in [-0.15, -0.1) is 0 Å². The molecule has 1 aliphatic rings. The van der Waals surface area contributed by atoms with Crippen molar-refractivity contribution in [2.75, 3.05) is 6.54 Å². The molecule has 2 N–H and O–H groups in total. The fourth-order valence-electron chi connectivity index (χ4n) is 1.86. The van der Waals surface area contributed by atoms with Gasteiger partial charge < -0.3 is 10.5 Å². The number of nitrogens with two attached hydrogens (primary N) is 1. The molecule has 0 radical (unpaired) electrons. The summed E-state index contributed by atoms with van der Waals surface area (Å²) in [6.07, 6.45) is 0. The number of halogens is 1. The SMILES string of the molecule is N#CC1=C(N)Oc2cc(Cl)ccc2C1C[N+](=O)[O-]. The topological polar surface area (TPSA) is 102 Å². The minimum Gasteiger partial charge on any atom is -0.440 e. The molecule has 0 bridgehead atoms. The number of rotatable bonds is 2. The lowest BCUT2D eigenvalue weighted by Gasteiger charge is -2.23. The molecule has 1 aliphatic heterocycles. The fourth-order valence-corrected chi connectivity index (χ4v) is 2.02. The number of nitro groups is 1. The molecule has 2 rings (SSSR count). The van der Waals surface area contributed by atoms with E-state index < -0.39 is 17.4 Å². The molecule has 0 saturated carbocycles. The van der Waals surface area contributed by atoms with E-state index in [2.05, 4.69) is 0 Å². The Morgan fingerprint density at radius 2 is 2.33 bits per heavy atom. The first-order chi connectivity index (χ1) is 8.52. The van der Waals surface area contributed by atoms with Crippen LogP contribution in [0.3, 0.4) is 0 Å². The largest absolute Gasteiger partial charge is 0.440 e. The third-order valence-corrected chi connectivity index (χ3v) is 2.87. The lowest BCUT2D eigenvalue weighted by Crippen LogP contribution is -2.24. The maximum atomic E-state index is 10.7. The molecule has 1 heterocycles. The Balaban J connectivity index is 2.54. The van der Waals surface area contributed by atoms with Gasteiger partial charge in [-0.05, 0) is 12.1 Å². The molecule has 92 valence electrons. The zero-order chi connectivity index (χ0) is 13.3. The van der Waals surface area contributed by atoms with Crippen LogP contribution in [0.1, 0.15) is 11.5 Å². The summed E-state index contributed by atoms with van der Waals surface area (Å²) in [6.45, 7) is -0.415. The molecule has 0 aliphatic carbocycles. The Kier molecular flexibility index (Phi) is 3.08. The van der Waals surface area contributed by atoms with Gasteiger partial charge in [0.2, 0.25) is 12.4 Å². The zero-order valence-electron chi connectivity index (χ0n) is 9.09. The van der Waals surface area contributed by atoms with Gasteiger partial charge in [0.15, 0.2) is 0 Å². The van der Waals surface area contributed by atoms with Crippen molar-refractivity contribution in [3.05, 3.63) is 50.4 Å². The van der Waals surface area contributed by atoms with Gasteiger partial charge in [0.05, 0.1) is 5.92 Å². The Morgan fingerprint density at radius 3 is 2.94 bits per heavy atom. The summed E-state index contributed by atoms with van der Waals surface area (Å²) < 4.78 is 5.26. The smallest absolute Gasteiger partial charge is 0.215 e. The molecule has 0 fully saturated rings. The van der Waals surface area contributed by atoms with Crippen LogP contribution in [0.4, 0.5) is 0 Å². The second kappa shape index (κ2) is 4.55. The Labute approximate surface area is 107 Å². The van der Waals surface area contributed by atoms with E-state index in [-0.39, 0.29) is 11.5 Å². The maximum Gasteiger partial charge on any atom is 0.215 e. The van der Waals surface area contributed by atoms with Crippen LogP contribution >= 0.6 is 11.6 Å². The van der Waals surface area contributed by atoms with Crippen LogP contribution in [0.2, 0.25) is 5.02 Å². The minimum atomic E-state index is -0.703. The lowest BCUT2D eigenvalue weighted by atomic mass is 9.89. The molecule has 1 unspecified atom stereocenters. The summed E-state index contributed by atoms with van der Waals surface area (Å²) in [7, 11) is 0. The van der Waals surface area contributed by atoms with Gasteiger partial charge in [0.25, 0.3) is 0 Å². The number of fused-ring (bicyclic) bond motifs is 1. The zero-order valence-corrected chi connectivity index (χ0v) is 9.85. The number of hydrogen-bond donors (Lipinski definition) is 1. The van der Waals surface area contributed by atoms with E-state index in [1.807, 2.05) is 6.07 Å². The van der Waals surface area contributed by atoms with Gasteiger partial charge in [0.1, 0.15) is 17.4 Å². The first-order valence-corrected chi connectivity index (χ1v) is 5.39. The van der Waals surface area contributed by atoms with Gasteiger partial charge >= 0.3 is 0 Å². The predicted octanol–water partition coefficient (Wildman–Crippen LogP) is 1.79. The molecule has 0 spiro atoms. The summed E-state index contributed by atoms with van der Waals surface area (Å²) in [5, 5.41) is 20.1. The molecular weight excluding hydrogens is 258 g/mol. The fraction of sp³-hybridized carbons (Fsp3) is 0.182. The standard InChI is InChI=1S/C11H8ClN3O3/c12-6-1-2-7-9(5-15(16)17)8(4-13)11(14)18-10(7)3-6/h1-3,9H,5,14H2. The highest BCUT2D eigenvalue weighted by molar-refractivity contribution is 6.30. The van der Waals surface area contributed by atoms with E-state index in [1.54, 1.807) is 12.1 Å². The highest BCUT2D eigenvalue weighted by Crippen LogP contribution is 2.39. The molecule has 7 heteroatoms. The van der Waals surface area contributed by atoms with Crippen molar-refractivity contribution >= 4 is 11.6 Å².